The Hall–Kier alpha value is -2.66. The number of hydrogen-bond donors (Lipinski definition) is 1. The molecule has 2 aromatic carbocycles. The lowest BCUT2D eigenvalue weighted by Crippen LogP contribution is -2.31. The molecule has 0 saturated carbocycles. The summed E-state index contributed by atoms with van der Waals surface area (Å²) in [5.74, 6) is 1.78. The fraction of sp³-hybridized carbons (Fsp3) is 0.391. The van der Waals surface area contributed by atoms with Gasteiger partial charge in [-0.3, -0.25) is 0 Å². The van der Waals surface area contributed by atoms with Crippen molar-refractivity contribution in [2.45, 2.75) is 39.3 Å². The molecule has 5 nitrogen and oxygen atoms in total. The molecule has 1 N–H and O–H groups in total. The van der Waals surface area contributed by atoms with Crippen molar-refractivity contribution >= 4 is 16.7 Å². The van der Waals surface area contributed by atoms with Gasteiger partial charge in [0.1, 0.15) is 5.75 Å². The average molecular weight is 377 g/mol. The Kier molecular flexibility index (Phi) is 5.72. The molecule has 0 spiro atoms. The lowest BCUT2D eigenvalue weighted by molar-refractivity contribution is 0.415. The summed E-state index contributed by atoms with van der Waals surface area (Å²) in [5, 5.41) is 5.95. The summed E-state index contributed by atoms with van der Waals surface area (Å²) in [7, 11) is 1.70. The summed E-state index contributed by atoms with van der Waals surface area (Å²) in [4.78, 5) is 11.8. The van der Waals surface area contributed by atoms with Gasteiger partial charge in [0.25, 0.3) is 0 Å². The summed E-state index contributed by atoms with van der Waals surface area (Å²) in [5.41, 5.74) is 3.35. The third-order valence-electron chi connectivity index (χ3n) is 5.28. The van der Waals surface area contributed by atoms with Crippen LogP contribution in [0.15, 0.2) is 42.5 Å². The smallest absolute Gasteiger partial charge is 0.225 e. The standard InChI is InChI=1S/C23H28N4O/c1-17-12-21(26-23(25-17)27-10-4-3-5-11-27)16-24-15-18-6-7-20-14-22(28-2)9-8-19(20)13-18/h6-9,12-14,24H,3-5,10-11,15-16H2,1-2H3. The van der Waals surface area contributed by atoms with Gasteiger partial charge in [-0.25, -0.2) is 9.97 Å². The Bertz CT molecular complexity index is 950. The van der Waals surface area contributed by atoms with E-state index < -0.39 is 0 Å². The number of fused-ring (bicyclic) bond motifs is 1. The number of piperidine rings is 1. The van der Waals surface area contributed by atoms with E-state index >= 15 is 0 Å². The van der Waals surface area contributed by atoms with Crippen LogP contribution < -0.4 is 15.0 Å². The molecule has 3 aromatic rings. The van der Waals surface area contributed by atoms with Gasteiger partial charge in [-0.15, -0.1) is 0 Å². The van der Waals surface area contributed by atoms with Crippen LogP contribution in [0.1, 0.15) is 36.2 Å². The van der Waals surface area contributed by atoms with Gasteiger partial charge >= 0.3 is 0 Å². The Morgan fingerprint density at radius 2 is 1.71 bits per heavy atom. The highest BCUT2D eigenvalue weighted by Crippen LogP contribution is 2.22. The minimum Gasteiger partial charge on any atom is -0.497 e. The number of hydrogen-bond acceptors (Lipinski definition) is 5. The van der Waals surface area contributed by atoms with Crippen LogP contribution in [0.3, 0.4) is 0 Å². The zero-order chi connectivity index (χ0) is 19.3. The molecule has 0 atom stereocenters. The number of ether oxygens (including phenoxy) is 1. The molecular formula is C23H28N4O. The molecule has 0 aliphatic carbocycles. The molecule has 0 unspecified atom stereocenters. The number of aryl methyl sites for hydroxylation is 1. The van der Waals surface area contributed by atoms with E-state index in [9.17, 15) is 0 Å². The van der Waals surface area contributed by atoms with E-state index in [0.29, 0.717) is 0 Å². The molecule has 2 heterocycles. The first-order valence-electron chi connectivity index (χ1n) is 10.1. The van der Waals surface area contributed by atoms with Gasteiger partial charge < -0.3 is 15.0 Å². The predicted molar refractivity (Wildman–Crippen MR) is 114 cm³/mol. The number of aromatic nitrogens is 2. The third-order valence-corrected chi connectivity index (χ3v) is 5.28. The second kappa shape index (κ2) is 8.57. The molecule has 146 valence electrons. The Morgan fingerprint density at radius 3 is 2.54 bits per heavy atom. The summed E-state index contributed by atoms with van der Waals surface area (Å²) >= 11 is 0. The minimum absolute atomic E-state index is 0.741. The van der Waals surface area contributed by atoms with Crippen LogP contribution in [0.5, 0.6) is 5.75 Å². The largest absolute Gasteiger partial charge is 0.497 e. The van der Waals surface area contributed by atoms with Gasteiger partial charge in [0.15, 0.2) is 0 Å². The van der Waals surface area contributed by atoms with Crippen molar-refractivity contribution in [2.75, 3.05) is 25.1 Å². The maximum absolute atomic E-state index is 5.30. The van der Waals surface area contributed by atoms with Gasteiger partial charge in [-0.05, 0) is 66.8 Å². The molecule has 4 rings (SSSR count). The molecular weight excluding hydrogens is 348 g/mol. The quantitative estimate of drug-likeness (QED) is 0.698. The maximum atomic E-state index is 5.30. The van der Waals surface area contributed by atoms with E-state index in [1.807, 2.05) is 6.07 Å². The lowest BCUT2D eigenvalue weighted by atomic mass is 10.1. The molecule has 1 aromatic heterocycles. The summed E-state index contributed by atoms with van der Waals surface area (Å²) in [6, 6.07) is 14.8. The number of anilines is 1. The van der Waals surface area contributed by atoms with Crippen molar-refractivity contribution in [3.8, 4) is 5.75 Å². The molecule has 1 aliphatic rings. The molecule has 0 bridgehead atoms. The molecule has 1 fully saturated rings. The van der Waals surface area contributed by atoms with Crippen LogP contribution in [-0.2, 0) is 13.1 Å². The van der Waals surface area contributed by atoms with Crippen molar-refractivity contribution in [2.24, 2.45) is 0 Å². The summed E-state index contributed by atoms with van der Waals surface area (Å²) < 4.78 is 5.30. The highest BCUT2D eigenvalue weighted by atomic mass is 16.5. The molecule has 0 radical (unpaired) electrons. The van der Waals surface area contributed by atoms with Gasteiger partial charge in [0.2, 0.25) is 5.95 Å². The molecule has 28 heavy (non-hydrogen) atoms. The molecule has 5 heteroatoms. The fourth-order valence-corrected chi connectivity index (χ4v) is 3.79. The number of nitrogens with one attached hydrogen (secondary N) is 1. The Morgan fingerprint density at radius 1 is 0.929 bits per heavy atom. The first-order chi connectivity index (χ1) is 13.7. The molecule has 0 amide bonds. The van der Waals surface area contributed by atoms with Crippen LogP contribution in [0.25, 0.3) is 10.8 Å². The maximum Gasteiger partial charge on any atom is 0.225 e. The van der Waals surface area contributed by atoms with Gasteiger partial charge in [-0.2, -0.15) is 0 Å². The first-order valence-corrected chi connectivity index (χ1v) is 10.1. The van der Waals surface area contributed by atoms with Crippen LogP contribution in [0.4, 0.5) is 5.95 Å². The average Bonchev–Trinajstić information content (AvgIpc) is 2.73. The Balaban J connectivity index is 1.40. The van der Waals surface area contributed by atoms with Crippen LogP contribution >= 0.6 is 0 Å². The lowest BCUT2D eigenvalue weighted by Gasteiger charge is -2.27. The predicted octanol–water partition coefficient (Wildman–Crippen LogP) is 4.23. The van der Waals surface area contributed by atoms with E-state index in [1.54, 1.807) is 7.11 Å². The van der Waals surface area contributed by atoms with Gasteiger partial charge in [-0.1, -0.05) is 18.2 Å². The van der Waals surface area contributed by atoms with Crippen molar-refractivity contribution in [3.63, 3.8) is 0 Å². The normalized spacial score (nSPS) is 14.4. The van der Waals surface area contributed by atoms with Crippen molar-refractivity contribution < 1.29 is 4.74 Å². The second-order valence-electron chi connectivity index (χ2n) is 7.50. The van der Waals surface area contributed by atoms with Crippen molar-refractivity contribution in [3.05, 3.63) is 59.4 Å². The van der Waals surface area contributed by atoms with Crippen LogP contribution in [0, 0.1) is 6.92 Å². The zero-order valence-electron chi connectivity index (χ0n) is 16.7. The van der Waals surface area contributed by atoms with Gasteiger partial charge in [0.05, 0.1) is 12.8 Å². The fourth-order valence-electron chi connectivity index (χ4n) is 3.79. The van der Waals surface area contributed by atoms with Crippen LogP contribution in [-0.4, -0.2) is 30.2 Å². The van der Waals surface area contributed by atoms with Crippen molar-refractivity contribution in [1.82, 2.24) is 15.3 Å². The molecule has 1 saturated heterocycles. The highest BCUT2D eigenvalue weighted by Gasteiger charge is 2.14. The zero-order valence-corrected chi connectivity index (χ0v) is 16.7. The first kappa shape index (κ1) is 18.7. The SMILES string of the molecule is COc1ccc2cc(CNCc3cc(C)nc(N4CCCCC4)n3)ccc2c1. The summed E-state index contributed by atoms with van der Waals surface area (Å²) in [6.07, 6.45) is 3.78. The third kappa shape index (κ3) is 4.42. The number of benzene rings is 2. The van der Waals surface area contributed by atoms with E-state index in [0.717, 1.165) is 49.3 Å². The second-order valence-corrected chi connectivity index (χ2v) is 7.50. The number of rotatable bonds is 6. The number of nitrogens with zero attached hydrogens (tertiary/aromatic N) is 3. The topological polar surface area (TPSA) is 50.3 Å². The highest BCUT2D eigenvalue weighted by molar-refractivity contribution is 5.84. The van der Waals surface area contributed by atoms with E-state index in [4.69, 9.17) is 9.72 Å². The van der Waals surface area contributed by atoms with Gasteiger partial charge in [0, 0.05) is 31.9 Å². The monoisotopic (exact) mass is 376 g/mol. The van der Waals surface area contributed by atoms with Crippen LogP contribution in [0.2, 0.25) is 0 Å². The number of methoxy groups -OCH3 is 1. The Labute approximate surface area is 166 Å². The van der Waals surface area contributed by atoms with E-state index in [2.05, 4.69) is 58.5 Å². The van der Waals surface area contributed by atoms with E-state index in [-0.39, 0.29) is 0 Å². The minimum atomic E-state index is 0.741. The van der Waals surface area contributed by atoms with E-state index in [1.165, 1.54) is 35.6 Å². The summed E-state index contributed by atoms with van der Waals surface area (Å²) in [6.45, 7) is 5.74. The van der Waals surface area contributed by atoms with Crippen molar-refractivity contribution in [1.29, 1.82) is 0 Å². The molecule has 1 aliphatic heterocycles.